The lowest BCUT2D eigenvalue weighted by molar-refractivity contribution is -0.289. The topological polar surface area (TPSA) is 93.5 Å². The lowest BCUT2D eigenvalue weighted by atomic mass is 9.99. The molecule has 1 aliphatic rings. The highest BCUT2D eigenvalue weighted by atomic mass is 19.4. The molecule has 0 saturated carbocycles. The lowest BCUT2D eigenvalue weighted by Crippen LogP contribution is -2.44. The number of rotatable bonds is 4. The van der Waals surface area contributed by atoms with E-state index in [-0.39, 0.29) is 17.3 Å². The van der Waals surface area contributed by atoms with E-state index >= 15 is 0 Å². The van der Waals surface area contributed by atoms with Gasteiger partial charge in [0.05, 0.1) is 28.4 Å². The number of hydrogen-bond acceptors (Lipinski definition) is 4. The zero-order valence-electron chi connectivity index (χ0n) is 18.3. The van der Waals surface area contributed by atoms with Crippen LogP contribution in [-0.4, -0.2) is 36.6 Å². The monoisotopic (exact) mass is 498 g/mol. The van der Waals surface area contributed by atoms with Crippen molar-refractivity contribution in [2.24, 2.45) is 0 Å². The Morgan fingerprint density at radius 2 is 1.63 bits per heavy atom. The summed E-state index contributed by atoms with van der Waals surface area (Å²) in [5.41, 5.74) is -5.62. The number of carbonyl (C=O) groups excluding carboxylic acids is 3. The molecule has 3 rings (SSSR count). The Kier molecular flexibility index (Phi) is 6.05. The minimum Gasteiger partial charge on any atom is -0.355 e. The second-order valence-electron chi connectivity index (χ2n) is 7.97. The second kappa shape index (κ2) is 8.30. The molecule has 13 heteroatoms. The Hall–Kier alpha value is -4.08. The van der Waals surface area contributed by atoms with Gasteiger partial charge in [0, 0.05) is 12.7 Å². The smallest absolute Gasteiger partial charge is 0.355 e. The van der Waals surface area contributed by atoms with Gasteiger partial charge in [-0.25, -0.2) is 14.1 Å². The number of imide groups is 1. The molecule has 35 heavy (non-hydrogen) atoms. The van der Waals surface area contributed by atoms with Crippen molar-refractivity contribution in [3.05, 3.63) is 58.9 Å². The number of urea groups is 1. The quantitative estimate of drug-likeness (QED) is 0.498. The molecule has 2 aromatic rings. The molecule has 0 unspecified atom stereocenters. The Bertz CT molecular complexity index is 1280. The summed E-state index contributed by atoms with van der Waals surface area (Å²) in [6.45, 7) is 2.51. The van der Waals surface area contributed by atoms with Gasteiger partial charge in [-0.15, -0.1) is 0 Å². The fraction of sp³-hybridized carbons (Fsp3) is 0.273. The summed E-state index contributed by atoms with van der Waals surface area (Å²) in [6.07, 6.45) is -6.05. The number of amides is 4. The van der Waals surface area contributed by atoms with Crippen molar-refractivity contribution in [2.75, 3.05) is 16.8 Å². The maximum Gasteiger partial charge on any atom is 0.458 e. The van der Waals surface area contributed by atoms with Gasteiger partial charge < -0.3 is 5.32 Å². The molecule has 0 aromatic heterocycles. The van der Waals surface area contributed by atoms with Crippen LogP contribution in [0.25, 0.3) is 0 Å². The van der Waals surface area contributed by atoms with Crippen molar-refractivity contribution < 1.29 is 40.7 Å². The van der Waals surface area contributed by atoms with Gasteiger partial charge in [0.2, 0.25) is 0 Å². The number of halogens is 6. The first-order valence-corrected chi connectivity index (χ1v) is 9.79. The maximum absolute atomic E-state index is 14.5. The molecule has 2 aromatic carbocycles. The first-order valence-electron chi connectivity index (χ1n) is 9.79. The highest BCUT2D eigenvalue weighted by Gasteiger charge is 2.60. The first kappa shape index (κ1) is 25.5. The van der Waals surface area contributed by atoms with Gasteiger partial charge in [0.15, 0.2) is 0 Å². The Labute approximate surface area is 194 Å². The van der Waals surface area contributed by atoms with Crippen LogP contribution in [0.5, 0.6) is 0 Å². The van der Waals surface area contributed by atoms with E-state index in [1.807, 2.05) is 0 Å². The predicted molar refractivity (Wildman–Crippen MR) is 110 cm³/mol. The van der Waals surface area contributed by atoms with Crippen molar-refractivity contribution in [1.82, 2.24) is 5.32 Å². The minimum atomic E-state index is -6.05. The lowest BCUT2D eigenvalue weighted by Gasteiger charge is -2.27. The standard InChI is InChI=1S/C22H16F6N4O3/c1-20(2)18(34)31(12-5-4-11(10-29)15(8-12)21(24,25)22(26,27)28)19(35)32(20)13-6-7-14(16(23)9-13)17(33)30-3/h4-9H,1-3H3,(H,30,33). The van der Waals surface area contributed by atoms with E-state index in [1.165, 1.54) is 33.0 Å². The molecule has 7 nitrogen and oxygen atoms in total. The molecule has 1 fully saturated rings. The van der Waals surface area contributed by atoms with E-state index in [2.05, 4.69) is 5.32 Å². The normalized spacial score (nSPS) is 15.9. The third-order valence-electron chi connectivity index (χ3n) is 5.43. The summed E-state index contributed by atoms with van der Waals surface area (Å²) in [4.78, 5) is 39.2. The second-order valence-corrected chi connectivity index (χ2v) is 7.97. The molecular weight excluding hydrogens is 482 g/mol. The summed E-state index contributed by atoms with van der Waals surface area (Å²) >= 11 is 0. The first-order chi connectivity index (χ1) is 16.1. The third-order valence-corrected chi connectivity index (χ3v) is 5.43. The number of carbonyl (C=O) groups is 3. The summed E-state index contributed by atoms with van der Waals surface area (Å²) in [6, 6.07) is 4.87. The molecule has 0 aliphatic carbocycles. The zero-order valence-corrected chi connectivity index (χ0v) is 18.3. The molecule has 1 N–H and O–H groups in total. The van der Waals surface area contributed by atoms with Crippen LogP contribution in [0.15, 0.2) is 36.4 Å². The van der Waals surface area contributed by atoms with Crippen LogP contribution < -0.4 is 15.1 Å². The molecule has 0 atom stereocenters. The maximum atomic E-state index is 14.5. The number of nitrogens with one attached hydrogen (secondary N) is 1. The SMILES string of the molecule is CNC(=O)c1ccc(N2C(=O)N(c3ccc(C#N)c(C(F)(F)C(F)(F)F)c3)C(=O)C2(C)C)cc1F. The van der Waals surface area contributed by atoms with Crippen LogP contribution >= 0.6 is 0 Å². The molecule has 0 spiro atoms. The summed E-state index contributed by atoms with van der Waals surface area (Å²) in [7, 11) is 1.27. The summed E-state index contributed by atoms with van der Waals surface area (Å²) in [5, 5.41) is 11.2. The number of nitrogens with zero attached hydrogens (tertiary/aromatic N) is 3. The number of nitriles is 1. The molecule has 1 saturated heterocycles. The average Bonchev–Trinajstić information content (AvgIpc) is 2.95. The predicted octanol–water partition coefficient (Wildman–Crippen LogP) is 4.46. The van der Waals surface area contributed by atoms with Gasteiger partial charge in [0.25, 0.3) is 11.8 Å². The van der Waals surface area contributed by atoms with Crippen LogP contribution in [0.1, 0.15) is 35.3 Å². The minimum absolute atomic E-state index is 0.171. The van der Waals surface area contributed by atoms with E-state index in [9.17, 15) is 40.7 Å². The van der Waals surface area contributed by atoms with E-state index < -0.39 is 58.1 Å². The highest BCUT2D eigenvalue weighted by molar-refractivity contribution is 6.30. The van der Waals surface area contributed by atoms with Crippen molar-refractivity contribution in [2.45, 2.75) is 31.5 Å². The van der Waals surface area contributed by atoms with Gasteiger partial charge in [0.1, 0.15) is 11.4 Å². The number of alkyl halides is 5. The summed E-state index contributed by atoms with van der Waals surface area (Å²) < 4.78 is 81.6. The average molecular weight is 498 g/mol. The molecule has 1 aliphatic heterocycles. The summed E-state index contributed by atoms with van der Waals surface area (Å²) in [5.74, 6) is -8.24. The van der Waals surface area contributed by atoms with Gasteiger partial charge in [-0.2, -0.15) is 27.2 Å². The highest BCUT2D eigenvalue weighted by Crippen LogP contribution is 2.46. The molecule has 0 bridgehead atoms. The van der Waals surface area contributed by atoms with Gasteiger partial charge in [-0.05, 0) is 50.2 Å². The van der Waals surface area contributed by atoms with Gasteiger partial charge in [-0.3, -0.25) is 14.5 Å². The molecule has 184 valence electrons. The van der Waals surface area contributed by atoms with Crippen molar-refractivity contribution in [3.8, 4) is 6.07 Å². The van der Waals surface area contributed by atoms with Crippen LogP contribution in [0.4, 0.5) is 42.5 Å². The van der Waals surface area contributed by atoms with E-state index in [0.717, 1.165) is 23.1 Å². The van der Waals surface area contributed by atoms with Crippen molar-refractivity contribution in [3.63, 3.8) is 0 Å². The van der Waals surface area contributed by atoms with Crippen LogP contribution in [0, 0.1) is 17.1 Å². The third kappa shape index (κ3) is 3.94. The largest absolute Gasteiger partial charge is 0.458 e. The number of benzene rings is 2. The Morgan fingerprint density at radius 1 is 1.03 bits per heavy atom. The fourth-order valence-electron chi connectivity index (χ4n) is 3.60. The van der Waals surface area contributed by atoms with Crippen LogP contribution in [-0.2, 0) is 10.7 Å². The van der Waals surface area contributed by atoms with E-state index in [4.69, 9.17) is 5.26 Å². The molecular formula is C22H16F6N4O3. The zero-order chi connectivity index (χ0) is 26.5. The van der Waals surface area contributed by atoms with Gasteiger partial charge in [-0.1, -0.05) is 0 Å². The number of hydrogen-bond donors (Lipinski definition) is 1. The molecule has 0 radical (unpaired) electrons. The van der Waals surface area contributed by atoms with Gasteiger partial charge >= 0.3 is 18.1 Å². The Balaban J connectivity index is 2.13. The molecule has 4 amide bonds. The molecule has 1 heterocycles. The van der Waals surface area contributed by atoms with Crippen molar-refractivity contribution >= 4 is 29.2 Å². The van der Waals surface area contributed by atoms with Crippen molar-refractivity contribution in [1.29, 1.82) is 5.26 Å². The fourth-order valence-corrected chi connectivity index (χ4v) is 3.60. The van der Waals surface area contributed by atoms with E-state index in [0.29, 0.717) is 11.0 Å². The Morgan fingerprint density at radius 3 is 2.14 bits per heavy atom. The number of anilines is 2. The van der Waals surface area contributed by atoms with Crippen LogP contribution in [0.3, 0.4) is 0 Å². The van der Waals surface area contributed by atoms with E-state index in [1.54, 1.807) is 0 Å². The van der Waals surface area contributed by atoms with Crippen LogP contribution in [0.2, 0.25) is 0 Å².